The molecule has 0 unspecified atom stereocenters. The number of urea groups is 1. The van der Waals surface area contributed by atoms with Gasteiger partial charge in [-0.25, -0.2) is 4.79 Å². The van der Waals surface area contributed by atoms with Gasteiger partial charge >= 0.3 is 12.0 Å². The van der Waals surface area contributed by atoms with Gasteiger partial charge in [-0.2, -0.15) is 0 Å². The largest absolute Gasteiger partial charge is 0.480 e. The monoisotopic (exact) mass is 209 g/mol. The van der Waals surface area contributed by atoms with Crippen LogP contribution in [0.5, 0.6) is 0 Å². The second kappa shape index (κ2) is 4.99. The van der Waals surface area contributed by atoms with Gasteiger partial charge in [0.15, 0.2) is 1.41 Å². The first-order valence-corrected chi connectivity index (χ1v) is 4.39. The Morgan fingerprint density at radius 2 is 2.00 bits per heavy atom. The first kappa shape index (κ1) is 9.51. The molecule has 0 bridgehead atoms. The molecule has 1 aromatic rings. The molecule has 1 atom stereocenters. The molecule has 0 aliphatic heterocycles. The second-order valence-electron chi connectivity index (χ2n) is 2.96. The van der Waals surface area contributed by atoms with Crippen molar-refractivity contribution in [3.63, 3.8) is 0 Å². The minimum Gasteiger partial charge on any atom is -0.480 e. The number of carboxylic acids is 1. The molecule has 0 radical (unpaired) electrons. The van der Waals surface area contributed by atoms with Crippen LogP contribution in [0.2, 0.25) is 1.41 Å². The van der Waals surface area contributed by atoms with E-state index in [1.54, 1.807) is 30.3 Å². The number of benzene rings is 1. The topological polar surface area (TPSA) is 78.4 Å². The van der Waals surface area contributed by atoms with E-state index in [-0.39, 0.29) is 0 Å². The summed E-state index contributed by atoms with van der Waals surface area (Å²) in [5, 5.41) is 11.4. The molecule has 3 N–H and O–H groups in total. The first-order valence-electron chi connectivity index (χ1n) is 4.84. The van der Waals surface area contributed by atoms with Gasteiger partial charge in [0.25, 0.3) is 0 Å². The van der Waals surface area contributed by atoms with E-state index in [1.165, 1.54) is 6.92 Å². The Bertz CT molecular complexity index is 383. The molecule has 0 saturated carbocycles. The van der Waals surface area contributed by atoms with Crippen LogP contribution in [0.15, 0.2) is 30.3 Å². The maximum absolute atomic E-state index is 11.4. The number of para-hydroxylation sites is 1. The molecule has 0 spiro atoms. The fraction of sp³-hybridized carbons (Fsp3) is 0.200. The first-order chi connectivity index (χ1) is 7.52. The van der Waals surface area contributed by atoms with Crippen molar-refractivity contribution in [1.82, 2.24) is 5.32 Å². The van der Waals surface area contributed by atoms with Gasteiger partial charge in [0.05, 0.1) is 0 Å². The molecule has 0 fully saturated rings. The van der Waals surface area contributed by atoms with Crippen molar-refractivity contribution in [2.75, 3.05) is 5.31 Å². The molecule has 15 heavy (non-hydrogen) atoms. The third-order valence-electron chi connectivity index (χ3n) is 1.70. The number of hydrogen-bond acceptors (Lipinski definition) is 2. The molecule has 0 saturated heterocycles. The van der Waals surface area contributed by atoms with Crippen molar-refractivity contribution in [3.05, 3.63) is 30.3 Å². The Labute approximate surface area is 88.6 Å². The van der Waals surface area contributed by atoms with Gasteiger partial charge < -0.3 is 15.7 Å². The van der Waals surface area contributed by atoms with Crippen LogP contribution in [0.3, 0.4) is 0 Å². The highest BCUT2D eigenvalue weighted by molar-refractivity contribution is 5.92. The standard InChI is InChI=1S/C10H12N2O3/c1-7(9(13)14)11-10(15)12-8-5-3-2-4-6-8/h2-7H,1H3,(H,13,14)(H2,11,12,15)/t7-/m0/s1/i/hD. The summed E-state index contributed by atoms with van der Waals surface area (Å²) < 4.78 is 7.48. The zero-order valence-electron chi connectivity index (χ0n) is 9.18. The van der Waals surface area contributed by atoms with Crippen LogP contribution in [0.4, 0.5) is 10.5 Å². The summed E-state index contributed by atoms with van der Waals surface area (Å²) in [7, 11) is 0. The highest BCUT2D eigenvalue weighted by Gasteiger charge is 2.13. The van der Waals surface area contributed by atoms with E-state index in [2.05, 4.69) is 5.32 Å². The van der Waals surface area contributed by atoms with Crippen LogP contribution in [-0.2, 0) is 4.79 Å². The molecule has 0 aliphatic rings. The quantitative estimate of drug-likeness (QED) is 0.701. The smallest absolute Gasteiger partial charge is 0.325 e. The fourth-order valence-electron chi connectivity index (χ4n) is 0.899. The summed E-state index contributed by atoms with van der Waals surface area (Å²) >= 11 is 0. The number of carboxylic acid groups (broad SMARTS) is 1. The minimum absolute atomic E-state index is 0.373. The lowest BCUT2D eigenvalue weighted by Gasteiger charge is -2.10. The van der Waals surface area contributed by atoms with Crippen molar-refractivity contribution in [3.8, 4) is 0 Å². The second-order valence-corrected chi connectivity index (χ2v) is 2.96. The summed E-state index contributed by atoms with van der Waals surface area (Å²) in [4.78, 5) is 21.9. The summed E-state index contributed by atoms with van der Waals surface area (Å²) in [6, 6.07) is 6.49. The lowest BCUT2D eigenvalue weighted by Crippen LogP contribution is -2.40. The fourth-order valence-corrected chi connectivity index (χ4v) is 0.899. The van der Waals surface area contributed by atoms with E-state index in [4.69, 9.17) is 6.52 Å². The molecule has 0 heterocycles. The van der Waals surface area contributed by atoms with Gasteiger partial charge in [0.1, 0.15) is 6.04 Å². The molecule has 2 amide bonds. The zero-order valence-corrected chi connectivity index (χ0v) is 8.18. The van der Waals surface area contributed by atoms with Crippen LogP contribution >= 0.6 is 0 Å². The SMILES string of the molecule is [2H]N(C(=O)N[C@@H](C)C(=O)O)c1ccccc1. The number of carbonyl (C=O) groups excluding carboxylic acids is 1. The number of aliphatic carboxylic acids is 1. The van der Waals surface area contributed by atoms with E-state index in [9.17, 15) is 9.59 Å². The molecular weight excluding hydrogens is 196 g/mol. The Morgan fingerprint density at radius 3 is 2.53 bits per heavy atom. The third-order valence-corrected chi connectivity index (χ3v) is 1.70. The Hall–Kier alpha value is -2.04. The normalized spacial score (nSPS) is 12.5. The molecule has 5 nitrogen and oxygen atoms in total. The van der Waals surface area contributed by atoms with E-state index in [0.717, 1.165) is 0 Å². The zero-order chi connectivity index (χ0) is 12.1. The number of rotatable bonds is 3. The molecule has 5 heteroatoms. The molecule has 80 valence electrons. The average molecular weight is 209 g/mol. The lowest BCUT2D eigenvalue weighted by molar-refractivity contribution is -0.138. The summed E-state index contributed by atoms with van der Waals surface area (Å²) in [6.07, 6.45) is 0. The Kier molecular flexibility index (Phi) is 3.17. The minimum atomic E-state index is -1.14. The number of nitrogens with one attached hydrogen (secondary N) is 2. The van der Waals surface area contributed by atoms with E-state index >= 15 is 0 Å². The number of carbonyl (C=O) groups is 2. The molecule has 0 aromatic heterocycles. The van der Waals surface area contributed by atoms with Crippen LogP contribution in [0.1, 0.15) is 6.92 Å². The maximum Gasteiger partial charge on any atom is 0.325 e. The molecule has 0 aliphatic carbocycles. The van der Waals surface area contributed by atoms with Crippen molar-refractivity contribution < 1.29 is 16.1 Å². The predicted molar refractivity (Wildman–Crippen MR) is 55.7 cm³/mol. The Balaban J connectivity index is 2.65. The van der Waals surface area contributed by atoms with E-state index in [1.807, 2.05) is 0 Å². The summed E-state index contributed by atoms with van der Waals surface area (Å²) in [6.45, 7) is 1.33. The number of amides is 2. The lowest BCUT2D eigenvalue weighted by atomic mass is 10.3. The van der Waals surface area contributed by atoms with Gasteiger partial charge in [-0.1, -0.05) is 18.2 Å². The molecule has 1 aromatic carbocycles. The third kappa shape index (κ3) is 3.68. The number of hydrogen-bond donors (Lipinski definition) is 3. The number of anilines is 1. The van der Waals surface area contributed by atoms with Crippen molar-refractivity contribution in [2.45, 2.75) is 13.0 Å². The highest BCUT2D eigenvalue weighted by Crippen LogP contribution is 2.04. The predicted octanol–water partition coefficient (Wildman–Crippen LogP) is 1.28. The van der Waals surface area contributed by atoms with Crippen molar-refractivity contribution >= 4 is 17.7 Å². The van der Waals surface area contributed by atoms with Crippen molar-refractivity contribution in [2.24, 2.45) is 0 Å². The van der Waals surface area contributed by atoms with Crippen molar-refractivity contribution in [1.29, 1.82) is 0 Å². The summed E-state index contributed by atoms with van der Waals surface area (Å²) in [5.41, 5.74) is 0.373. The van der Waals surface area contributed by atoms with Crippen LogP contribution in [-0.4, -0.2) is 23.1 Å². The Morgan fingerprint density at radius 1 is 1.40 bits per heavy atom. The van der Waals surface area contributed by atoms with E-state index < -0.39 is 18.0 Å². The van der Waals surface area contributed by atoms with Gasteiger partial charge in [-0.05, 0) is 19.1 Å². The van der Waals surface area contributed by atoms with Crippen LogP contribution in [0, 0.1) is 0 Å². The molecular formula is C10H12N2O3. The van der Waals surface area contributed by atoms with Gasteiger partial charge in [-0.3, -0.25) is 4.79 Å². The van der Waals surface area contributed by atoms with Gasteiger partial charge in [-0.15, -0.1) is 0 Å². The van der Waals surface area contributed by atoms with Crippen LogP contribution < -0.4 is 10.6 Å². The maximum atomic E-state index is 11.4. The highest BCUT2D eigenvalue weighted by atomic mass is 16.4. The average Bonchev–Trinajstić information content (AvgIpc) is 2.28. The van der Waals surface area contributed by atoms with Gasteiger partial charge in [0, 0.05) is 5.69 Å². The summed E-state index contributed by atoms with van der Waals surface area (Å²) in [5.74, 6) is -1.14. The molecule has 1 rings (SSSR count). The van der Waals surface area contributed by atoms with E-state index in [0.29, 0.717) is 11.0 Å². The van der Waals surface area contributed by atoms with Crippen LogP contribution in [0.25, 0.3) is 0 Å². The van der Waals surface area contributed by atoms with Gasteiger partial charge in [0.2, 0.25) is 0 Å².